The number of hydrogen-bond acceptors (Lipinski definition) is 2. The van der Waals surface area contributed by atoms with Crippen molar-refractivity contribution in [2.45, 2.75) is 24.7 Å². The van der Waals surface area contributed by atoms with E-state index < -0.39 is 29.9 Å². The fourth-order valence-electron chi connectivity index (χ4n) is 4.47. The fraction of sp³-hybridized carbons (Fsp3) is 0.375. The number of rotatable bonds is 3. The Morgan fingerprint density at radius 3 is 2.58 bits per heavy atom. The first-order valence-electron chi connectivity index (χ1n) is 10.4. The second-order valence-corrected chi connectivity index (χ2v) is 8.33. The molecule has 4 nitrogen and oxygen atoms in total. The van der Waals surface area contributed by atoms with Crippen LogP contribution in [-0.2, 0) is 0 Å². The molecule has 31 heavy (non-hydrogen) atoms. The lowest BCUT2D eigenvalue weighted by Gasteiger charge is -2.40. The number of nitrogens with zero attached hydrogens (tertiary/aromatic N) is 3. The third-order valence-electron chi connectivity index (χ3n) is 6.21. The quantitative estimate of drug-likeness (QED) is 0.718. The van der Waals surface area contributed by atoms with E-state index >= 15 is 0 Å². The Balaban J connectivity index is 1.64. The molecule has 2 aliphatic heterocycles. The second kappa shape index (κ2) is 8.75. The summed E-state index contributed by atoms with van der Waals surface area (Å²) in [6.07, 6.45) is 1.20. The number of halogens is 3. The molecule has 0 N–H and O–H groups in total. The molecule has 164 valence electrons. The van der Waals surface area contributed by atoms with Crippen LogP contribution in [0.5, 0.6) is 0 Å². The normalized spacial score (nSPS) is 24.2. The van der Waals surface area contributed by atoms with Crippen molar-refractivity contribution in [3.8, 4) is 0 Å². The van der Waals surface area contributed by atoms with Gasteiger partial charge in [-0.15, -0.1) is 0 Å². The maximum absolute atomic E-state index is 14.7. The third-order valence-corrected chi connectivity index (χ3v) is 6.21. The molecule has 0 spiro atoms. The molecule has 1 saturated heterocycles. The van der Waals surface area contributed by atoms with Crippen molar-refractivity contribution in [3.63, 3.8) is 0 Å². The summed E-state index contributed by atoms with van der Waals surface area (Å²) in [5, 5.41) is 0. The lowest BCUT2D eigenvalue weighted by Crippen LogP contribution is -2.54. The number of likely N-dealkylation sites (tertiary alicyclic amines) is 1. The van der Waals surface area contributed by atoms with Gasteiger partial charge in [0.15, 0.2) is 0 Å². The number of urea groups is 1. The topological polar surface area (TPSA) is 26.8 Å². The van der Waals surface area contributed by atoms with Gasteiger partial charge in [-0.05, 0) is 42.8 Å². The average molecular weight is 429 g/mol. The van der Waals surface area contributed by atoms with E-state index in [1.807, 2.05) is 42.3 Å². The van der Waals surface area contributed by atoms with Crippen LogP contribution >= 0.6 is 0 Å². The average Bonchev–Trinajstić information content (AvgIpc) is 3.20. The number of piperidine rings is 1. The fourth-order valence-corrected chi connectivity index (χ4v) is 4.47. The number of alkyl halides is 1. The van der Waals surface area contributed by atoms with Crippen molar-refractivity contribution in [1.29, 1.82) is 0 Å². The Labute approximate surface area is 180 Å². The van der Waals surface area contributed by atoms with Gasteiger partial charge in [0.2, 0.25) is 0 Å². The Hall–Kier alpha value is -2.80. The van der Waals surface area contributed by atoms with Gasteiger partial charge in [-0.1, -0.05) is 36.4 Å². The first kappa shape index (κ1) is 21.4. The third kappa shape index (κ3) is 4.32. The van der Waals surface area contributed by atoms with Gasteiger partial charge in [0, 0.05) is 32.2 Å². The van der Waals surface area contributed by atoms with Gasteiger partial charge < -0.3 is 14.7 Å². The molecule has 7 heteroatoms. The second-order valence-electron chi connectivity index (χ2n) is 8.33. The van der Waals surface area contributed by atoms with Gasteiger partial charge >= 0.3 is 6.03 Å². The Bertz CT molecular complexity index is 981. The highest BCUT2D eigenvalue weighted by Crippen LogP contribution is 2.37. The van der Waals surface area contributed by atoms with Gasteiger partial charge in [0.1, 0.15) is 17.8 Å². The molecule has 2 unspecified atom stereocenters. The molecule has 2 heterocycles. The van der Waals surface area contributed by atoms with Crippen molar-refractivity contribution in [2.24, 2.45) is 0 Å². The molecular formula is C24H26F3N3O. The molecule has 0 saturated carbocycles. The zero-order chi connectivity index (χ0) is 22.1. The zero-order valence-corrected chi connectivity index (χ0v) is 17.6. The first-order valence-corrected chi connectivity index (χ1v) is 10.4. The van der Waals surface area contributed by atoms with Crippen LogP contribution in [-0.4, -0.2) is 66.7 Å². The molecular weight excluding hydrogens is 403 g/mol. The summed E-state index contributed by atoms with van der Waals surface area (Å²) in [7, 11) is 3.48. The summed E-state index contributed by atoms with van der Waals surface area (Å²) < 4.78 is 42.9. The van der Waals surface area contributed by atoms with Crippen LogP contribution in [0.15, 0.2) is 54.6 Å². The summed E-state index contributed by atoms with van der Waals surface area (Å²) in [6, 6.07) is 11.4. The monoisotopic (exact) mass is 429 g/mol. The lowest BCUT2D eigenvalue weighted by atomic mass is 10.0. The number of amides is 2. The summed E-state index contributed by atoms with van der Waals surface area (Å²) in [6.45, 7) is 1.11. The smallest absolute Gasteiger partial charge is 0.321 e. The molecule has 3 atom stereocenters. The summed E-state index contributed by atoms with van der Waals surface area (Å²) in [5.74, 6) is -1.08. The Morgan fingerprint density at radius 2 is 1.87 bits per heavy atom. The Morgan fingerprint density at radius 1 is 1.13 bits per heavy atom. The number of carbonyl (C=O) groups is 1. The van der Waals surface area contributed by atoms with Gasteiger partial charge in [-0.2, -0.15) is 0 Å². The van der Waals surface area contributed by atoms with Crippen molar-refractivity contribution < 1.29 is 18.0 Å². The minimum absolute atomic E-state index is 0.118. The van der Waals surface area contributed by atoms with Crippen LogP contribution < -0.4 is 0 Å². The van der Waals surface area contributed by atoms with Crippen LogP contribution in [0, 0.1) is 11.6 Å². The molecule has 0 aromatic heterocycles. The number of carbonyl (C=O) groups excluding carboxylic acids is 1. The van der Waals surface area contributed by atoms with E-state index in [1.54, 1.807) is 18.0 Å². The van der Waals surface area contributed by atoms with Crippen molar-refractivity contribution in [1.82, 2.24) is 14.7 Å². The van der Waals surface area contributed by atoms with Crippen molar-refractivity contribution >= 4 is 11.6 Å². The molecule has 1 fully saturated rings. The highest BCUT2D eigenvalue weighted by molar-refractivity contribution is 5.82. The van der Waals surface area contributed by atoms with Crippen LogP contribution in [0.25, 0.3) is 5.57 Å². The van der Waals surface area contributed by atoms with E-state index in [1.165, 1.54) is 4.90 Å². The number of hydrogen-bond donors (Lipinski definition) is 0. The molecule has 2 aromatic rings. The minimum atomic E-state index is -1.14. The van der Waals surface area contributed by atoms with E-state index in [9.17, 15) is 18.0 Å². The standard InChI is InChI=1S/C24H26F3N3O/c1-28-11-10-22(21(27)15-28)29(2)24(31)30-14-17(19-13-18(25)8-9-20(19)26)12-23(30)16-6-4-3-5-7-16/h3-9,12-13,21-23H,10-11,14-15H2,1-2H3/t21?,22?,23-/m0/s1. The maximum Gasteiger partial charge on any atom is 0.321 e. The summed E-state index contributed by atoms with van der Waals surface area (Å²) in [5.41, 5.74) is 1.53. The van der Waals surface area contributed by atoms with Crippen molar-refractivity contribution in [3.05, 3.63) is 77.4 Å². The first-order chi connectivity index (χ1) is 14.8. The molecule has 2 amide bonds. The van der Waals surface area contributed by atoms with Crippen LogP contribution in [0.2, 0.25) is 0 Å². The van der Waals surface area contributed by atoms with Crippen LogP contribution in [0.4, 0.5) is 18.0 Å². The predicted molar refractivity (Wildman–Crippen MR) is 114 cm³/mol. The van der Waals surface area contributed by atoms with E-state index in [0.717, 1.165) is 23.8 Å². The summed E-state index contributed by atoms with van der Waals surface area (Å²) in [4.78, 5) is 18.4. The van der Waals surface area contributed by atoms with E-state index in [-0.39, 0.29) is 24.7 Å². The van der Waals surface area contributed by atoms with Gasteiger partial charge in [0.05, 0.1) is 12.1 Å². The lowest BCUT2D eigenvalue weighted by molar-refractivity contribution is 0.0601. The van der Waals surface area contributed by atoms with Crippen LogP contribution in [0.1, 0.15) is 23.6 Å². The highest BCUT2D eigenvalue weighted by Gasteiger charge is 2.38. The Kier molecular flexibility index (Phi) is 6.05. The molecule has 0 aliphatic carbocycles. The molecule has 0 bridgehead atoms. The zero-order valence-electron chi connectivity index (χ0n) is 17.6. The minimum Gasteiger partial charge on any atom is -0.322 e. The number of benzene rings is 2. The van der Waals surface area contributed by atoms with Gasteiger partial charge in [-0.3, -0.25) is 0 Å². The SMILES string of the molecule is CN1CCC(N(C)C(=O)N2CC(c3cc(F)ccc3F)=C[C@H]2c2ccccc2)C(F)C1. The van der Waals surface area contributed by atoms with E-state index in [2.05, 4.69) is 0 Å². The molecule has 2 aromatic carbocycles. The van der Waals surface area contributed by atoms with E-state index in [4.69, 9.17) is 0 Å². The van der Waals surface area contributed by atoms with Gasteiger partial charge in [0.25, 0.3) is 0 Å². The van der Waals surface area contributed by atoms with Crippen LogP contribution in [0.3, 0.4) is 0 Å². The summed E-state index contributed by atoms with van der Waals surface area (Å²) >= 11 is 0. The van der Waals surface area contributed by atoms with Gasteiger partial charge in [-0.25, -0.2) is 18.0 Å². The largest absolute Gasteiger partial charge is 0.322 e. The predicted octanol–water partition coefficient (Wildman–Crippen LogP) is 4.50. The molecule has 2 aliphatic rings. The molecule has 0 radical (unpaired) electrons. The highest BCUT2D eigenvalue weighted by atomic mass is 19.1. The van der Waals surface area contributed by atoms with E-state index in [0.29, 0.717) is 18.5 Å². The maximum atomic E-state index is 14.7. The van der Waals surface area contributed by atoms with Crippen molar-refractivity contribution in [2.75, 3.05) is 33.7 Å². The molecule has 4 rings (SSSR count).